The second kappa shape index (κ2) is 7.55. The molecule has 1 aromatic heterocycles. The molecule has 0 atom stereocenters. The third kappa shape index (κ3) is 4.42. The minimum absolute atomic E-state index is 0.369. The molecule has 1 saturated heterocycles. The second-order valence-electron chi connectivity index (χ2n) is 5.35. The maximum absolute atomic E-state index is 5.87. The second-order valence-corrected chi connectivity index (χ2v) is 5.35. The summed E-state index contributed by atoms with van der Waals surface area (Å²) in [5.41, 5.74) is 2.07. The van der Waals surface area contributed by atoms with Crippen LogP contribution in [0.2, 0.25) is 0 Å². The molecule has 0 amide bonds. The first-order valence-corrected chi connectivity index (χ1v) is 7.37. The first-order valence-electron chi connectivity index (χ1n) is 7.37. The highest BCUT2D eigenvalue weighted by Crippen LogP contribution is 2.19. The molecule has 0 unspecified atom stereocenters. The molecular formula is C15H25N3O2. The molecule has 5 nitrogen and oxygen atoms in total. The highest BCUT2D eigenvalue weighted by atomic mass is 16.5. The van der Waals surface area contributed by atoms with Crippen molar-refractivity contribution in [2.24, 2.45) is 0 Å². The van der Waals surface area contributed by atoms with Crippen LogP contribution in [0.5, 0.6) is 0 Å². The van der Waals surface area contributed by atoms with Crippen LogP contribution in [0, 0.1) is 13.8 Å². The number of hydrogen-bond acceptors (Lipinski definition) is 5. The van der Waals surface area contributed by atoms with Gasteiger partial charge in [0.1, 0.15) is 0 Å². The molecule has 0 spiro atoms. The zero-order chi connectivity index (χ0) is 14.4. The minimum atomic E-state index is 0.369. The predicted octanol–water partition coefficient (Wildman–Crippen LogP) is 2.12. The molecular weight excluding hydrogens is 254 g/mol. The Hall–Kier alpha value is -1.20. The number of methoxy groups -OCH3 is 1. The molecule has 0 saturated carbocycles. The van der Waals surface area contributed by atoms with Crippen LogP contribution in [0.1, 0.15) is 30.7 Å². The van der Waals surface area contributed by atoms with Crippen molar-refractivity contribution >= 4 is 5.95 Å². The molecule has 0 radical (unpaired) electrons. The lowest BCUT2D eigenvalue weighted by Gasteiger charge is -2.32. The Morgan fingerprint density at radius 3 is 2.40 bits per heavy atom. The van der Waals surface area contributed by atoms with Crippen molar-refractivity contribution in [2.45, 2.75) is 39.2 Å². The Morgan fingerprint density at radius 1 is 1.15 bits per heavy atom. The molecule has 0 aromatic carbocycles. The lowest BCUT2D eigenvalue weighted by atomic mass is 10.1. The van der Waals surface area contributed by atoms with E-state index in [2.05, 4.69) is 14.9 Å². The van der Waals surface area contributed by atoms with Crippen LogP contribution in [0.4, 0.5) is 5.95 Å². The molecule has 0 N–H and O–H groups in total. The smallest absolute Gasteiger partial charge is 0.225 e. The summed E-state index contributed by atoms with van der Waals surface area (Å²) >= 11 is 0. The molecule has 1 aliphatic rings. The summed E-state index contributed by atoms with van der Waals surface area (Å²) in [5, 5.41) is 0. The SMILES string of the molecule is COCCCOC1CCN(c2nc(C)cc(C)n2)CC1. The summed E-state index contributed by atoms with van der Waals surface area (Å²) < 4.78 is 10.9. The van der Waals surface area contributed by atoms with Gasteiger partial charge in [-0.25, -0.2) is 9.97 Å². The fraction of sp³-hybridized carbons (Fsp3) is 0.733. The molecule has 0 aliphatic carbocycles. The summed E-state index contributed by atoms with van der Waals surface area (Å²) in [6, 6.07) is 2.01. The van der Waals surface area contributed by atoms with Gasteiger partial charge in [0.15, 0.2) is 0 Å². The quantitative estimate of drug-likeness (QED) is 0.746. The van der Waals surface area contributed by atoms with E-state index in [1.165, 1.54) is 0 Å². The molecule has 112 valence electrons. The topological polar surface area (TPSA) is 47.5 Å². The summed E-state index contributed by atoms with van der Waals surface area (Å²) in [5.74, 6) is 0.861. The van der Waals surface area contributed by atoms with Gasteiger partial charge in [-0.05, 0) is 39.2 Å². The molecule has 1 aliphatic heterocycles. The maximum Gasteiger partial charge on any atom is 0.225 e. The lowest BCUT2D eigenvalue weighted by Crippen LogP contribution is -2.38. The van der Waals surface area contributed by atoms with Gasteiger partial charge in [0.25, 0.3) is 0 Å². The van der Waals surface area contributed by atoms with Crippen molar-refractivity contribution in [3.8, 4) is 0 Å². The third-order valence-electron chi connectivity index (χ3n) is 3.54. The minimum Gasteiger partial charge on any atom is -0.385 e. The highest BCUT2D eigenvalue weighted by molar-refractivity contribution is 5.32. The number of nitrogens with zero attached hydrogens (tertiary/aromatic N) is 3. The zero-order valence-corrected chi connectivity index (χ0v) is 12.8. The average molecular weight is 279 g/mol. The predicted molar refractivity (Wildman–Crippen MR) is 79.2 cm³/mol. The van der Waals surface area contributed by atoms with Gasteiger partial charge in [0.05, 0.1) is 6.10 Å². The van der Waals surface area contributed by atoms with E-state index in [1.54, 1.807) is 7.11 Å². The third-order valence-corrected chi connectivity index (χ3v) is 3.54. The van der Waals surface area contributed by atoms with Gasteiger partial charge in [-0.1, -0.05) is 0 Å². The number of aryl methyl sites for hydroxylation is 2. The van der Waals surface area contributed by atoms with Crippen LogP contribution in [0.25, 0.3) is 0 Å². The van der Waals surface area contributed by atoms with Gasteiger partial charge in [-0.3, -0.25) is 0 Å². The Morgan fingerprint density at radius 2 is 1.80 bits per heavy atom. The van der Waals surface area contributed by atoms with Crippen molar-refractivity contribution in [2.75, 3.05) is 38.3 Å². The van der Waals surface area contributed by atoms with Crippen LogP contribution >= 0.6 is 0 Å². The van der Waals surface area contributed by atoms with E-state index >= 15 is 0 Å². The molecule has 2 heterocycles. The Balaban J connectivity index is 1.79. The Labute approximate surface area is 121 Å². The van der Waals surface area contributed by atoms with Gasteiger partial charge in [0, 0.05) is 44.8 Å². The normalized spacial score (nSPS) is 16.6. The Bertz CT molecular complexity index is 397. The van der Waals surface area contributed by atoms with E-state index in [-0.39, 0.29) is 0 Å². The van der Waals surface area contributed by atoms with Crippen LogP contribution in [0.15, 0.2) is 6.07 Å². The van der Waals surface area contributed by atoms with Gasteiger partial charge >= 0.3 is 0 Å². The zero-order valence-electron chi connectivity index (χ0n) is 12.8. The molecule has 1 fully saturated rings. The van der Waals surface area contributed by atoms with Gasteiger partial charge in [-0.15, -0.1) is 0 Å². The number of anilines is 1. The van der Waals surface area contributed by atoms with E-state index in [0.717, 1.165) is 62.9 Å². The summed E-state index contributed by atoms with van der Waals surface area (Å²) in [7, 11) is 1.72. The fourth-order valence-corrected chi connectivity index (χ4v) is 2.52. The number of aromatic nitrogens is 2. The maximum atomic E-state index is 5.87. The first-order chi connectivity index (χ1) is 9.69. The summed E-state index contributed by atoms with van der Waals surface area (Å²) in [4.78, 5) is 11.3. The van der Waals surface area contributed by atoms with Crippen molar-refractivity contribution < 1.29 is 9.47 Å². The van der Waals surface area contributed by atoms with E-state index in [9.17, 15) is 0 Å². The van der Waals surface area contributed by atoms with Crippen LogP contribution < -0.4 is 4.90 Å². The van der Waals surface area contributed by atoms with Crippen LogP contribution in [-0.2, 0) is 9.47 Å². The van der Waals surface area contributed by atoms with E-state index < -0.39 is 0 Å². The fourth-order valence-electron chi connectivity index (χ4n) is 2.52. The largest absolute Gasteiger partial charge is 0.385 e. The monoisotopic (exact) mass is 279 g/mol. The van der Waals surface area contributed by atoms with Gasteiger partial charge < -0.3 is 14.4 Å². The van der Waals surface area contributed by atoms with Crippen LogP contribution in [-0.4, -0.2) is 49.5 Å². The van der Waals surface area contributed by atoms with Gasteiger partial charge in [-0.2, -0.15) is 0 Å². The van der Waals surface area contributed by atoms with E-state index in [0.29, 0.717) is 6.10 Å². The number of hydrogen-bond donors (Lipinski definition) is 0. The summed E-state index contributed by atoms with van der Waals surface area (Å²) in [6.07, 6.45) is 3.43. The van der Waals surface area contributed by atoms with Crippen molar-refractivity contribution in [3.63, 3.8) is 0 Å². The van der Waals surface area contributed by atoms with Gasteiger partial charge in [0.2, 0.25) is 5.95 Å². The molecule has 20 heavy (non-hydrogen) atoms. The van der Waals surface area contributed by atoms with Crippen molar-refractivity contribution in [1.82, 2.24) is 9.97 Å². The Kier molecular flexibility index (Phi) is 5.73. The summed E-state index contributed by atoms with van der Waals surface area (Å²) in [6.45, 7) is 7.54. The highest BCUT2D eigenvalue weighted by Gasteiger charge is 2.21. The van der Waals surface area contributed by atoms with Crippen molar-refractivity contribution in [3.05, 3.63) is 17.5 Å². The molecule has 0 bridgehead atoms. The van der Waals surface area contributed by atoms with E-state index in [4.69, 9.17) is 9.47 Å². The number of piperidine rings is 1. The first kappa shape index (κ1) is 15.2. The van der Waals surface area contributed by atoms with Crippen molar-refractivity contribution in [1.29, 1.82) is 0 Å². The lowest BCUT2D eigenvalue weighted by molar-refractivity contribution is 0.0256. The molecule has 2 rings (SSSR count). The van der Waals surface area contributed by atoms with Crippen LogP contribution in [0.3, 0.4) is 0 Å². The average Bonchev–Trinajstić information content (AvgIpc) is 2.43. The molecule has 5 heteroatoms. The number of ether oxygens (including phenoxy) is 2. The standard InChI is InChI=1S/C15H25N3O2/c1-12-11-13(2)17-15(16-12)18-7-5-14(6-8-18)20-10-4-9-19-3/h11,14H,4-10H2,1-3H3. The number of rotatable bonds is 6. The molecule has 1 aromatic rings. The van der Waals surface area contributed by atoms with E-state index in [1.807, 2.05) is 19.9 Å².